The van der Waals surface area contributed by atoms with Gasteiger partial charge in [-0.2, -0.15) is 5.10 Å². The number of rotatable bonds is 8. The second-order valence-corrected chi connectivity index (χ2v) is 10.2. The quantitative estimate of drug-likeness (QED) is 0.188. The van der Waals surface area contributed by atoms with E-state index in [9.17, 15) is 9.59 Å². The van der Waals surface area contributed by atoms with Crippen molar-refractivity contribution in [3.05, 3.63) is 141 Å². The van der Waals surface area contributed by atoms with Crippen LogP contribution in [0.5, 0.6) is 0 Å². The van der Waals surface area contributed by atoms with Crippen LogP contribution in [0.2, 0.25) is 15.1 Å². The number of para-hydroxylation sites is 1. The Kier molecular flexibility index (Phi) is 8.79. The number of benzene rings is 3. The van der Waals surface area contributed by atoms with Crippen molar-refractivity contribution in [1.82, 2.24) is 25.4 Å². The van der Waals surface area contributed by atoms with E-state index in [1.807, 2.05) is 48.5 Å². The smallest absolute Gasteiger partial charge is 0.268 e. The molecular formula is C31H22Cl3N5O2. The van der Waals surface area contributed by atoms with Crippen LogP contribution < -0.4 is 10.6 Å². The maximum absolute atomic E-state index is 13.5. The van der Waals surface area contributed by atoms with E-state index in [2.05, 4.69) is 15.6 Å². The van der Waals surface area contributed by atoms with Crippen LogP contribution in [0.4, 0.5) is 0 Å². The van der Waals surface area contributed by atoms with Gasteiger partial charge in [0.1, 0.15) is 11.4 Å². The van der Waals surface area contributed by atoms with Crippen molar-refractivity contribution in [1.29, 1.82) is 0 Å². The maximum atomic E-state index is 13.5. The molecule has 0 bridgehead atoms. The van der Waals surface area contributed by atoms with Crippen LogP contribution in [0.15, 0.2) is 109 Å². The first kappa shape index (κ1) is 28.1. The van der Waals surface area contributed by atoms with Crippen molar-refractivity contribution < 1.29 is 9.59 Å². The third-order valence-corrected chi connectivity index (χ3v) is 6.83. The number of halogens is 3. The summed E-state index contributed by atoms with van der Waals surface area (Å²) in [6.07, 6.45) is 6.67. The van der Waals surface area contributed by atoms with Gasteiger partial charge in [0, 0.05) is 46.3 Å². The van der Waals surface area contributed by atoms with Gasteiger partial charge in [0.2, 0.25) is 0 Å². The molecule has 41 heavy (non-hydrogen) atoms. The predicted octanol–water partition coefficient (Wildman–Crippen LogP) is 6.98. The van der Waals surface area contributed by atoms with Gasteiger partial charge in [0.25, 0.3) is 11.8 Å². The van der Waals surface area contributed by atoms with E-state index in [-0.39, 0.29) is 22.8 Å². The minimum absolute atomic E-state index is 0.00673. The van der Waals surface area contributed by atoms with Gasteiger partial charge in [0.15, 0.2) is 0 Å². The van der Waals surface area contributed by atoms with Gasteiger partial charge in [-0.25, -0.2) is 4.68 Å². The van der Waals surface area contributed by atoms with Gasteiger partial charge in [0.05, 0.1) is 16.3 Å². The molecule has 0 aliphatic carbocycles. The Hall–Kier alpha value is -4.43. The highest BCUT2D eigenvalue weighted by Gasteiger charge is 2.19. The third kappa shape index (κ3) is 7.02. The minimum atomic E-state index is -0.571. The van der Waals surface area contributed by atoms with Gasteiger partial charge in [-0.15, -0.1) is 0 Å². The summed E-state index contributed by atoms with van der Waals surface area (Å²) in [6, 6.07) is 24.9. The summed E-state index contributed by atoms with van der Waals surface area (Å²) < 4.78 is 1.71. The number of nitrogens with zero attached hydrogens (tertiary/aromatic N) is 3. The fourth-order valence-corrected chi connectivity index (χ4v) is 4.62. The number of carbonyl (C=O) groups is 2. The number of pyridine rings is 1. The molecule has 0 radical (unpaired) electrons. The van der Waals surface area contributed by atoms with Crippen molar-refractivity contribution in [3.63, 3.8) is 0 Å². The molecule has 7 nitrogen and oxygen atoms in total. The van der Waals surface area contributed by atoms with Crippen molar-refractivity contribution in [3.8, 4) is 16.9 Å². The Morgan fingerprint density at radius 2 is 1.63 bits per heavy atom. The number of aromatic nitrogens is 3. The summed E-state index contributed by atoms with van der Waals surface area (Å²) in [6.45, 7) is 0.203. The first-order chi connectivity index (χ1) is 19.9. The third-order valence-electron chi connectivity index (χ3n) is 6.03. The van der Waals surface area contributed by atoms with Crippen LogP contribution in [0.1, 0.15) is 21.5 Å². The second kappa shape index (κ2) is 12.8. The van der Waals surface area contributed by atoms with Gasteiger partial charge in [-0.05, 0) is 60.2 Å². The van der Waals surface area contributed by atoms with E-state index in [1.54, 1.807) is 53.6 Å². The molecular weight excluding hydrogens is 581 g/mol. The summed E-state index contributed by atoms with van der Waals surface area (Å²) >= 11 is 18.4. The highest BCUT2D eigenvalue weighted by atomic mass is 35.5. The van der Waals surface area contributed by atoms with E-state index in [4.69, 9.17) is 39.9 Å². The largest absolute Gasteiger partial charge is 0.347 e. The Morgan fingerprint density at radius 1 is 0.878 bits per heavy atom. The SMILES string of the molecule is O=C(NCc1cccnc1)C(=Cc1cn(-c2ccccc2)nc1-c1ccc(Cl)cc1)NC(=O)c1ccc(Cl)cc1Cl. The zero-order valence-electron chi connectivity index (χ0n) is 21.4. The standard InChI is InChI=1S/C31H22Cl3N5O2/c32-23-10-8-21(9-11-23)29-22(19-39(38-29)25-6-2-1-3-7-25)15-28(31(41)36-18-20-5-4-14-35-17-20)37-30(40)26-13-12-24(33)16-27(26)34/h1-17,19H,18H2,(H,36,41)(H,37,40). The first-order valence-corrected chi connectivity index (χ1v) is 13.6. The molecule has 2 heterocycles. The van der Waals surface area contributed by atoms with Crippen LogP contribution in [0.3, 0.4) is 0 Å². The molecule has 0 atom stereocenters. The van der Waals surface area contributed by atoms with Crippen molar-refractivity contribution in [2.45, 2.75) is 6.54 Å². The molecule has 3 aromatic carbocycles. The minimum Gasteiger partial charge on any atom is -0.347 e. The molecule has 0 fully saturated rings. The molecule has 0 spiro atoms. The Balaban J connectivity index is 1.56. The lowest BCUT2D eigenvalue weighted by atomic mass is 10.1. The van der Waals surface area contributed by atoms with Crippen molar-refractivity contribution >= 4 is 52.7 Å². The molecule has 5 aromatic rings. The average molecular weight is 603 g/mol. The molecule has 0 saturated carbocycles. The van der Waals surface area contributed by atoms with E-state index in [0.29, 0.717) is 21.3 Å². The molecule has 0 saturated heterocycles. The fraction of sp³-hybridized carbons (Fsp3) is 0.0323. The van der Waals surface area contributed by atoms with Crippen LogP contribution in [-0.4, -0.2) is 26.6 Å². The molecule has 0 aliphatic heterocycles. The number of hydrogen-bond acceptors (Lipinski definition) is 4. The van der Waals surface area contributed by atoms with Crippen LogP contribution in [-0.2, 0) is 11.3 Å². The summed E-state index contributed by atoms with van der Waals surface area (Å²) in [4.78, 5) is 30.8. The van der Waals surface area contributed by atoms with Crippen LogP contribution in [0.25, 0.3) is 23.0 Å². The van der Waals surface area contributed by atoms with E-state index in [1.165, 1.54) is 12.1 Å². The summed E-state index contributed by atoms with van der Waals surface area (Å²) in [5, 5.41) is 11.5. The average Bonchev–Trinajstić information content (AvgIpc) is 3.40. The Morgan fingerprint density at radius 3 is 2.34 bits per heavy atom. The Labute approximate surface area is 251 Å². The molecule has 0 aliphatic rings. The lowest BCUT2D eigenvalue weighted by Crippen LogP contribution is -2.34. The Bertz CT molecular complexity index is 1720. The number of hydrogen-bond donors (Lipinski definition) is 2. The number of carbonyl (C=O) groups excluding carboxylic acids is 2. The van der Waals surface area contributed by atoms with Gasteiger partial charge in [-0.1, -0.05) is 71.2 Å². The highest BCUT2D eigenvalue weighted by Crippen LogP contribution is 2.27. The fourth-order valence-electron chi connectivity index (χ4n) is 4.00. The maximum Gasteiger partial charge on any atom is 0.268 e. The summed E-state index contributed by atoms with van der Waals surface area (Å²) in [5.41, 5.74) is 3.73. The molecule has 2 N–H and O–H groups in total. The number of amides is 2. The van der Waals surface area contributed by atoms with Gasteiger partial charge in [-0.3, -0.25) is 14.6 Å². The van der Waals surface area contributed by atoms with Crippen molar-refractivity contribution in [2.24, 2.45) is 0 Å². The van der Waals surface area contributed by atoms with Gasteiger partial charge < -0.3 is 10.6 Å². The summed E-state index contributed by atoms with van der Waals surface area (Å²) in [7, 11) is 0. The molecule has 2 aromatic heterocycles. The topological polar surface area (TPSA) is 88.9 Å². The predicted molar refractivity (Wildman–Crippen MR) is 162 cm³/mol. The van der Waals surface area contributed by atoms with Crippen LogP contribution >= 0.6 is 34.8 Å². The second-order valence-electron chi connectivity index (χ2n) is 8.90. The van der Waals surface area contributed by atoms with Crippen molar-refractivity contribution in [2.75, 3.05) is 0 Å². The summed E-state index contributed by atoms with van der Waals surface area (Å²) in [5.74, 6) is -1.08. The normalized spacial score (nSPS) is 11.2. The molecule has 2 amide bonds. The van der Waals surface area contributed by atoms with E-state index >= 15 is 0 Å². The molecule has 204 valence electrons. The highest BCUT2D eigenvalue weighted by molar-refractivity contribution is 6.36. The zero-order valence-corrected chi connectivity index (χ0v) is 23.7. The molecule has 5 rings (SSSR count). The van der Waals surface area contributed by atoms with E-state index in [0.717, 1.165) is 16.8 Å². The lowest BCUT2D eigenvalue weighted by Gasteiger charge is -2.12. The van der Waals surface area contributed by atoms with E-state index < -0.39 is 11.8 Å². The molecule has 0 unspecified atom stereocenters. The number of nitrogens with one attached hydrogen (secondary N) is 2. The zero-order chi connectivity index (χ0) is 28.8. The monoisotopic (exact) mass is 601 g/mol. The van der Waals surface area contributed by atoms with Gasteiger partial charge >= 0.3 is 0 Å². The lowest BCUT2D eigenvalue weighted by molar-refractivity contribution is -0.117. The van der Waals surface area contributed by atoms with Crippen LogP contribution in [0, 0.1) is 0 Å². The first-order valence-electron chi connectivity index (χ1n) is 12.4. The molecule has 10 heteroatoms.